The van der Waals surface area contributed by atoms with Crippen LogP contribution in [0.2, 0.25) is 0 Å². The molecule has 3 heterocycles. The van der Waals surface area contributed by atoms with E-state index in [0.29, 0.717) is 18.1 Å². The summed E-state index contributed by atoms with van der Waals surface area (Å²) >= 11 is 0. The highest BCUT2D eigenvalue weighted by atomic mass is 32.2. The quantitative estimate of drug-likeness (QED) is 0.535. The molecular formula is C23H22O6S. The Labute approximate surface area is 177 Å². The molecule has 3 aliphatic rings. The number of fused-ring (bicyclic) bond motifs is 5. The van der Waals surface area contributed by atoms with Crippen molar-refractivity contribution in [3.63, 3.8) is 0 Å². The van der Waals surface area contributed by atoms with Crippen molar-refractivity contribution in [1.82, 2.24) is 0 Å². The van der Waals surface area contributed by atoms with E-state index in [1.807, 2.05) is 12.1 Å². The van der Waals surface area contributed by atoms with E-state index in [2.05, 4.69) is 23.6 Å². The highest BCUT2D eigenvalue weighted by Gasteiger charge is 2.27. The molecule has 2 aromatic rings. The van der Waals surface area contributed by atoms with Gasteiger partial charge in [-0.25, -0.2) is 4.79 Å². The minimum Gasteiger partial charge on any atom is -0.493 e. The predicted octanol–water partition coefficient (Wildman–Crippen LogP) is 3.85. The predicted molar refractivity (Wildman–Crippen MR) is 117 cm³/mol. The van der Waals surface area contributed by atoms with Gasteiger partial charge in [0.15, 0.2) is 29.6 Å². The molecule has 0 radical (unpaired) electrons. The maximum absolute atomic E-state index is 11.8. The third-order valence-electron chi connectivity index (χ3n) is 5.34. The Hall–Kier alpha value is -2.93. The zero-order valence-electron chi connectivity index (χ0n) is 16.9. The summed E-state index contributed by atoms with van der Waals surface area (Å²) in [6.45, 7) is 2.23. The number of ether oxygens (including phenoxy) is 5. The summed E-state index contributed by atoms with van der Waals surface area (Å²) in [5.74, 6) is 3.45. The molecule has 0 spiro atoms. The Morgan fingerprint density at radius 3 is 2.83 bits per heavy atom. The van der Waals surface area contributed by atoms with Crippen LogP contribution in [0.4, 0.5) is 0 Å². The molecule has 156 valence electrons. The summed E-state index contributed by atoms with van der Waals surface area (Å²) in [7, 11) is 1.53. The standard InChI is InChI=1S/C23H22O6S/c1-3-26-22(24)11-27-23-17-12-30-7-6-15-8-19-20(29-13-28-19)10-16(15)21(30)9-14(17)4-5-18(23)25-2/h4-5,8-10,12H,3,6-7,11,13H2,1-2H3. The largest absolute Gasteiger partial charge is 0.493 e. The Kier molecular flexibility index (Phi) is 4.90. The van der Waals surface area contributed by atoms with Gasteiger partial charge in [0.25, 0.3) is 0 Å². The van der Waals surface area contributed by atoms with Crippen LogP contribution in [0.25, 0.3) is 11.0 Å². The Morgan fingerprint density at radius 2 is 2.03 bits per heavy atom. The minimum atomic E-state index is -0.394. The number of aryl methyl sites for hydroxylation is 1. The van der Waals surface area contributed by atoms with Gasteiger partial charge >= 0.3 is 5.97 Å². The SMILES string of the molecule is CCOC(=O)COc1c(OC)ccc2c1C=S1CCc3cc4c(cc3C1=C2)OCO4. The van der Waals surface area contributed by atoms with Crippen LogP contribution in [0.15, 0.2) is 24.3 Å². The summed E-state index contributed by atoms with van der Waals surface area (Å²) in [6, 6.07) is 8.10. The third kappa shape index (κ3) is 3.23. The van der Waals surface area contributed by atoms with Crippen molar-refractivity contribution in [3.05, 3.63) is 46.5 Å². The molecule has 0 aliphatic carbocycles. The number of esters is 1. The van der Waals surface area contributed by atoms with E-state index < -0.39 is 5.97 Å². The second kappa shape index (κ2) is 7.72. The zero-order valence-corrected chi connectivity index (χ0v) is 17.7. The van der Waals surface area contributed by atoms with Crippen molar-refractivity contribution in [2.45, 2.75) is 13.3 Å². The van der Waals surface area contributed by atoms with Gasteiger partial charge < -0.3 is 23.7 Å². The molecule has 0 saturated heterocycles. The molecule has 30 heavy (non-hydrogen) atoms. The molecule has 0 N–H and O–H groups in total. The molecule has 1 atom stereocenters. The van der Waals surface area contributed by atoms with Gasteiger partial charge in [0, 0.05) is 10.5 Å². The van der Waals surface area contributed by atoms with Crippen LogP contribution in [0.5, 0.6) is 23.0 Å². The lowest BCUT2D eigenvalue weighted by Crippen LogP contribution is -2.16. The lowest BCUT2D eigenvalue weighted by molar-refractivity contribution is -0.145. The number of carbonyl (C=O) groups excluding carboxylic acids is 1. The fourth-order valence-corrected chi connectivity index (χ4v) is 6.12. The average molecular weight is 426 g/mol. The van der Waals surface area contributed by atoms with Crippen molar-refractivity contribution in [1.29, 1.82) is 0 Å². The molecule has 3 aliphatic heterocycles. The van der Waals surface area contributed by atoms with Crippen molar-refractivity contribution >= 4 is 32.8 Å². The lowest BCUT2D eigenvalue weighted by atomic mass is 10.00. The van der Waals surface area contributed by atoms with Gasteiger partial charge in [0.1, 0.15) is 0 Å². The maximum atomic E-state index is 11.8. The van der Waals surface area contributed by atoms with Crippen molar-refractivity contribution in [3.8, 4) is 23.0 Å². The zero-order chi connectivity index (χ0) is 20.7. The molecule has 7 heteroatoms. The van der Waals surface area contributed by atoms with Gasteiger partial charge in [0.2, 0.25) is 6.79 Å². The normalized spacial score (nSPS) is 17.7. The van der Waals surface area contributed by atoms with Gasteiger partial charge in [-0.15, -0.1) is 0 Å². The summed E-state index contributed by atoms with van der Waals surface area (Å²) < 4.78 is 27.5. The second-order valence-electron chi connectivity index (χ2n) is 7.07. The van der Waals surface area contributed by atoms with Crippen molar-refractivity contribution < 1.29 is 28.5 Å². The van der Waals surface area contributed by atoms with Crippen LogP contribution < -0.4 is 18.9 Å². The van der Waals surface area contributed by atoms with Gasteiger partial charge in [-0.1, -0.05) is 6.07 Å². The first-order valence-electron chi connectivity index (χ1n) is 9.86. The maximum Gasteiger partial charge on any atom is 0.344 e. The number of carbonyl (C=O) groups is 1. The van der Waals surface area contributed by atoms with Crippen LogP contribution in [0.3, 0.4) is 0 Å². The fourth-order valence-electron chi connectivity index (χ4n) is 3.94. The third-order valence-corrected chi connectivity index (χ3v) is 7.40. The smallest absolute Gasteiger partial charge is 0.344 e. The van der Waals surface area contributed by atoms with Crippen LogP contribution >= 0.6 is 10.5 Å². The Bertz CT molecular complexity index is 1100. The van der Waals surface area contributed by atoms with E-state index in [1.54, 1.807) is 14.0 Å². The molecule has 0 aromatic heterocycles. The number of hydrogen-bond acceptors (Lipinski definition) is 6. The first kappa shape index (κ1) is 19.1. The summed E-state index contributed by atoms with van der Waals surface area (Å²) in [4.78, 5) is 13.1. The van der Waals surface area contributed by atoms with E-state index in [1.165, 1.54) is 16.0 Å². The van der Waals surface area contributed by atoms with E-state index in [-0.39, 0.29) is 23.9 Å². The van der Waals surface area contributed by atoms with Gasteiger partial charge in [-0.3, -0.25) is 0 Å². The number of methoxy groups -OCH3 is 1. The number of benzene rings is 2. The van der Waals surface area contributed by atoms with Gasteiger partial charge in [-0.2, -0.15) is 10.5 Å². The van der Waals surface area contributed by atoms with Crippen LogP contribution in [0, 0.1) is 0 Å². The van der Waals surface area contributed by atoms with Gasteiger partial charge in [0.05, 0.1) is 13.7 Å². The van der Waals surface area contributed by atoms with E-state index in [4.69, 9.17) is 23.7 Å². The highest BCUT2D eigenvalue weighted by molar-refractivity contribution is 8.23. The molecule has 6 nitrogen and oxygen atoms in total. The molecule has 0 fully saturated rings. The van der Waals surface area contributed by atoms with Gasteiger partial charge in [-0.05, 0) is 65.4 Å². The minimum absolute atomic E-state index is 0.0720. The fraction of sp³-hybridized carbons (Fsp3) is 0.304. The highest BCUT2D eigenvalue weighted by Crippen LogP contribution is 2.50. The first-order valence-corrected chi connectivity index (χ1v) is 11.3. The summed E-state index contributed by atoms with van der Waals surface area (Å²) in [5, 5.41) is 2.25. The molecule has 0 saturated carbocycles. The van der Waals surface area contributed by atoms with E-state index in [9.17, 15) is 4.79 Å². The van der Waals surface area contributed by atoms with Crippen LogP contribution in [0.1, 0.15) is 29.2 Å². The topological polar surface area (TPSA) is 63.2 Å². The summed E-state index contributed by atoms with van der Waals surface area (Å²) in [5.41, 5.74) is 4.52. The van der Waals surface area contributed by atoms with Crippen LogP contribution in [-0.2, 0) is 16.0 Å². The average Bonchev–Trinajstić information content (AvgIpc) is 3.22. The molecule has 5 rings (SSSR count). The second-order valence-corrected chi connectivity index (χ2v) is 9.01. The molecule has 0 bridgehead atoms. The number of rotatable bonds is 5. The first-order chi connectivity index (χ1) is 14.7. The lowest BCUT2D eigenvalue weighted by Gasteiger charge is -2.28. The van der Waals surface area contributed by atoms with Crippen molar-refractivity contribution in [2.75, 3.05) is 32.9 Å². The molecule has 0 amide bonds. The summed E-state index contributed by atoms with van der Waals surface area (Å²) in [6.07, 6.45) is 3.19. The molecule has 2 aromatic carbocycles. The van der Waals surface area contributed by atoms with E-state index in [0.717, 1.165) is 34.8 Å². The Morgan fingerprint density at radius 1 is 1.20 bits per heavy atom. The Balaban J connectivity index is 1.55. The van der Waals surface area contributed by atoms with E-state index >= 15 is 0 Å². The monoisotopic (exact) mass is 426 g/mol. The molecule has 1 unspecified atom stereocenters. The molecular weight excluding hydrogens is 404 g/mol. The number of hydrogen-bond donors (Lipinski definition) is 0. The van der Waals surface area contributed by atoms with Crippen LogP contribution in [-0.4, -0.2) is 44.2 Å². The van der Waals surface area contributed by atoms with Crippen molar-refractivity contribution in [2.24, 2.45) is 0 Å².